The summed E-state index contributed by atoms with van der Waals surface area (Å²) in [4.78, 5) is 12.0. The van der Waals surface area contributed by atoms with Crippen LogP contribution in [0.5, 0.6) is 0 Å². The van der Waals surface area contributed by atoms with Gasteiger partial charge in [0.15, 0.2) is 0 Å². The van der Waals surface area contributed by atoms with Crippen molar-refractivity contribution >= 4 is 18.3 Å². The van der Waals surface area contributed by atoms with Crippen LogP contribution >= 0.6 is 12.4 Å². The van der Waals surface area contributed by atoms with Gasteiger partial charge in [-0.25, -0.2) is 0 Å². The van der Waals surface area contributed by atoms with Crippen LogP contribution in [0.25, 0.3) is 0 Å². The number of allylic oxidation sites excluding steroid dienone is 3. The molecule has 0 spiro atoms. The maximum Gasteiger partial charge on any atom is 0.243 e. The molecule has 4 aliphatic carbocycles. The highest BCUT2D eigenvalue weighted by Crippen LogP contribution is 2.53. The fourth-order valence-electron chi connectivity index (χ4n) is 5.62. The van der Waals surface area contributed by atoms with Crippen LogP contribution in [-0.4, -0.2) is 25.0 Å². The summed E-state index contributed by atoms with van der Waals surface area (Å²) < 4.78 is 0. The lowest BCUT2D eigenvalue weighted by Crippen LogP contribution is -2.55. The fourth-order valence-corrected chi connectivity index (χ4v) is 5.62. The number of carbonyl (C=O) groups is 1. The first-order valence-corrected chi connectivity index (χ1v) is 10.3. The van der Waals surface area contributed by atoms with E-state index >= 15 is 0 Å². The molecule has 148 valence electrons. The largest absolute Gasteiger partial charge is 0.351 e. The first-order chi connectivity index (χ1) is 12.0. The Labute approximate surface area is 165 Å². The molecule has 0 unspecified atom stereocenters. The van der Waals surface area contributed by atoms with Crippen LogP contribution in [0, 0.1) is 23.7 Å². The number of halogens is 1. The van der Waals surface area contributed by atoms with Gasteiger partial charge in [-0.15, -0.1) is 12.4 Å². The summed E-state index contributed by atoms with van der Waals surface area (Å²) >= 11 is 0. The molecular weight excluding hydrogens is 344 g/mol. The zero-order valence-electron chi connectivity index (χ0n) is 16.7. The normalized spacial score (nSPS) is 32.1. The molecule has 26 heavy (non-hydrogen) atoms. The average molecular weight is 381 g/mol. The van der Waals surface area contributed by atoms with E-state index in [1.54, 1.807) is 6.08 Å². The number of carbonyl (C=O) groups excluding carboxylic acids is 1. The molecule has 0 aromatic rings. The zero-order valence-corrected chi connectivity index (χ0v) is 17.5. The molecule has 0 aromatic heterocycles. The molecule has 4 aliphatic rings. The molecule has 1 amide bonds. The van der Waals surface area contributed by atoms with Gasteiger partial charge in [0, 0.05) is 25.2 Å². The standard InChI is InChI=1S/C22H36N2O.ClH/c1-15(2)5-4-6-16(3)9-21(25)23-7-8-24-22-19-11-17-10-18(13-19)14-20(22)12-17;/h5,9,17-20,22,24H,4,6-8,10-14H2,1-3H3,(H,23,25);1H. The van der Waals surface area contributed by atoms with Gasteiger partial charge < -0.3 is 10.6 Å². The Morgan fingerprint density at radius 2 is 1.58 bits per heavy atom. The van der Waals surface area contributed by atoms with Crippen molar-refractivity contribution in [2.45, 2.75) is 71.8 Å². The third-order valence-electron chi connectivity index (χ3n) is 6.50. The molecule has 3 nitrogen and oxygen atoms in total. The smallest absolute Gasteiger partial charge is 0.243 e. The number of hydrogen-bond acceptors (Lipinski definition) is 2. The molecule has 0 aromatic carbocycles. The summed E-state index contributed by atoms with van der Waals surface area (Å²) in [5, 5.41) is 6.82. The maximum atomic E-state index is 12.0. The first kappa shape index (κ1) is 21.5. The van der Waals surface area contributed by atoms with Gasteiger partial charge in [0.1, 0.15) is 0 Å². The van der Waals surface area contributed by atoms with E-state index in [4.69, 9.17) is 0 Å². The molecule has 2 N–H and O–H groups in total. The average Bonchev–Trinajstić information content (AvgIpc) is 2.52. The Hall–Kier alpha value is -0.800. The van der Waals surface area contributed by atoms with E-state index in [2.05, 4.69) is 30.6 Å². The molecule has 0 saturated heterocycles. The van der Waals surface area contributed by atoms with Crippen LogP contribution in [-0.2, 0) is 4.79 Å². The van der Waals surface area contributed by atoms with Crippen molar-refractivity contribution in [1.82, 2.24) is 10.6 Å². The summed E-state index contributed by atoms with van der Waals surface area (Å²) in [5.74, 6) is 3.93. The van der Waals surface area contributed by atoms with Crippen LogP contribution in [0.2, 0.25) is 0 Å². The van der Waals surface area contributed by atoms with Crippen molar-refractivity contribution in [1.29, 1.82) is 0 Å². The van der Waals surface area contributed by atoms with E-state index in [0.29, 0.717) is 6.04 Å². The molecule has 4 rings (SSSR count). The quantitative estimate of drug-likeness (QED) is 0.366. The van der Waals surface area contributed by atoms with Crippen LogP contribution in [0.4, 0.5) is 0 Å². The number of nitrogens with one attached hydrogen (secondary N) is 2. The van der Waals surface area contributed by atoms with Gasteiger partial charge in [-0.2, -0.15) is 0 Å². The van der Waals surface area contributed by atoms with Crippen LogP contribution in [0.1, 0.15) is 65.7 Å². The Morgan fingerprint density at radius 1 is 0.962 bits per heavy atom. The van der Waals surface area contributed by atoms with Crippen molar-refractivity contribution in [2.24, 2.45) is 23.7 Å². The van der Waals surface area contributed by atoms with E-state index in [9.17, 15) is 4.79 Å². The number of rotatable bonds is 8. The second kappa shape index (κ2) is 9.94. The van der Waals surface area contributed by atoms with Crippen molar-refractivity contribution in [3.05, 3.63) is 23.3 Å². The van der Waals surface area contributed by atoms with E-state index < -0.39 is 0 Å². The first-order valence-electron chi connectivity index (χ1n) is 10.3. The van der Waals surface area contributed by atoms with Crippen LogP contribution in [0.15, 0.2) is 23.3 Å². The lowest BCUT2D eigenvalue weighted by Gasteiger charge is -2.54. The molecule has 0 atom stereocenters. The molecule has 4 saturated carbocycles. The van der Waals surface area contributed by atoms with Gasteiger partial charge in [0.05, 0.1) is 0 Å². The van der Waals surface area contributed by atoms with Gasteiger partial charge >= 0.3 is 0 Å². The number of hydrogen-bond donors (Lipinski definition) is 2. The maximum absolute atomic E-state index is 12.0. The van der Waals surface area contributed by atoms with Gasteiger partial charge in [-0.05, 0) is 89.4 Å². The minimum absolute atomic E-state index is 0. The van der Waals surface area contributed by atoms with Crippen molar-refractivity contribution < 1.29 is 4.79 Å². The molecule has 0 aliphatic heterocycles. The van der Waals surface area contributed by atoms with Crippen LogP contribution in [0.3, 0.4) is 0 Å². The minimum Gasteiger partial charge on any atom is -0.351 e. The van der Waals surface area contributed by atoms with Gasteiger partial charge in [0.25, 0.3) is 0 Å². The Balaban J connectivity index is 0.00000243. The van der Waals surface area contributed by atoms with E-state index in [0.717, 1.165) is 55.2 Å². The zero-order chi connectivity index (χ0) is 17.8. The molecule has 4 bridgehead atoms. The van der Waals surface area contributed by atoms with Crippen molar-refractivity contribution in [2.75, 3.05) is 13.1 Å². The van der Waals surface area contributed by atoms with Crippen LogP contribution < -0.4 is 10.6 Å². The molecule has 4 fully saturated rings. The summed E-state index contributed by atoms with van der Waals surface area (Å²) in [6, 6.07) is 0.714. The van der Waals surface area contributed by atoms with E-state index in [1.807, 2.05) is 6.92 Å². The topological polar surface area (TPSA) is 41.1 Å². The van der Waals surface area contributed by atoms with Crippen molar-refractivity contribution in [3.8, 4) is 0 Å². The van der Waals surface area contributed by atoms with Crippen molar-refractivity contribution in [3.63, 3.8) is 0 Å². The summed E-state index contributed by atoms with van der Waals surface area (Å²) in [6.45, 7) is 7.92. The lowest BCUT2D eigenvalue weighted by atomic mass is 9.54. The SMILES string of the molecule is CC(C)=CCCC(C)=CC(=O)NCCNC1C2CC3CC(C2)CC1C3.Cl. The molecule has 4 heteroatoms. The second-order valence-electron chi connectivity index (χ2n) is 9.01. The Bertz CT molecular complexity index is 508. The third-order valence-corrected chi connectivity index (χ3v) is 6.50. The summed E-state index contributed by atoms with van der Waals surface area (Å²) in [5.41, 5.74) is 2.50. The van der Waals surface area contributed by atoms with Gasteiger partial charge in [-0.3, -0.25) is 4.79 Å². The molecule has 0 heterocycles. The monoisotopic (exact) mass is 380 g/mol. The highest BCUT2D eigenvalue weighted by molar-refractivity contribution is 5.88. The predicted octanol–water partition coefficient (Wildman–Crippen LogP) is 4.63. The minimum atomic E-state index is 0. The highest BCUT2D eigenvalue weighted by Gasteiger charge is 2.47. The Morgan fingerprint density at radius 3 is 2.15 bits per heavy atom. The lowest BCUT2D eigenvalue weighted by molar-refractivity contribution is -0.116. The fraction of sp³-hybridized carbons (Fsp3) is 0.773. The summed E-state index contributed by atoms with van der Waals surface area (Å²) in [7, 11) is 0. The Kier molecular flexibility index (Phi) is 8.22. The highest BCUT2D eigenvalue weighted by atomic mass is 35.5. The second-order valence-corrected chi connectivity index (χ2v) is 9.01. The predicted molar refractivity (Wildman–Crippen MR) is 112 cm³/mol. The summed E-state index contributed by atoms with van der Waals surface area (Å²) in [6.07, 6.45) is 13.3. The molecular formula is C22H37ClN2O. The molecule has 0 radical (unpaired) electrons. The third kappa shape index (κ3) is 5.85. The van der Waals surface area contributed by atoms with Gasteiger partial charge in [-0.1, -0.05) is 17.2 Å². The van der Waals surface area contributed by atoms with E-state index in [-0.39, 0.29) is 18.3 Å². The van der Waals surface area contributed by atoms with Gasteiger partial charge in [0.2, 0.25) is 5.91 Å². The van der Waals surface area contributed by atoms with E-state index in [1.165, 1.54) is 37.7 Å². The number of amides is 1.